The van der Waals surface area contributed by atoms with Crippen LogP contribution in [0.15, 0.2) is 24.3 Å². The van der Waals surface area contributed by atoms with Crippen molar-refractivity contribution >= 4 is 0 Å². The Balaban J connectivity index is 1.61. The fourth-order valence-corrected chi connectivity index (χ4v) is 3.03. The molecule has 1 fully saturated rings. The number of piperidine rings is 1. The number of nitrogens with zero attached hydrogens (tertiary/aromatic N) is 1. The summed E-state index contributed by atoms with van der Waals surface area (Å²) in [4.78, 5) is 2.43. The third-order valence-corrected chi connectivity index (χ3v) is 3.92. The minimum absolute atomic E-state index is 0.0935. The van der Waals surface area contributed by atoms with Crippen molar-refractivity contribution in [2.75, 3.05) is 19.6 Å². The molecule has 0 spiro atoms. The van der Waals surface area contributed by atoms with Crippen molar-refractivity contribution in [3.63, 3.8) is 0 Å². The molecule has 1 aliphatic heterocycles. The van der Waals surface area contributed by atoms with Gasteiger partial charge in [-0.15, -0.1) is 0 Å². The summed E-state index contributed by atoms with van der Waals surface area (Å²) in [6.45, 7) is 3.17. The molecule has 1 unspecified atom stereocenters. The second-order valence-corrected chi connectivity index (χ2v) is 5.16. The molecular weight excluding hydrogens is 198 g/mol. The summed E-state index contributed by atoms with van der Waals surface area (Å²) < 4.78 is 0. The van der Waals surface area contributed by atoms with E-state index in [0.717, 1.165) is 32.5 Å². The molecule has 3 rings (SSSR count). The van der Waals surface area contributed by atoms with Crippen LogP contribution in [-0.4, -0.2) is 35.7 Å². The van der Waals surface area contributed by atoms with Gasteiger partial charge >= 0.3 is 0 Å². The minimum Gasteiger partial charge on any atom is -0.392 e. The van der Waals surface area contributed by atoms with E-state index in [-0.39, 0.29) is 6.10 Å². The molecule has 1 aromatic carbocycles. The van der Waals surface area contributed by atoms with Gasteiger partial charge in [-0.05, 0) is 36.9 Å². The maximum atomic E-state index is 9.64. The van der Waals surface area contributed by atoms with E-state index in [1.807, 2.05) is 0 Å². The molecule has 1 saturated heterocycles. The standard InChI is InChI=1S/C14H19NO/c16-13-5-3-7-15(10-13)9-12-8-11-4-1-2-6-14(11)12/h1-2,4,6,12-13,16H,3,5,7-10H2/t12?,13-/m0/s1. The summed E-state index contributed by atoms with van der Waals surface area (Å²) in [6, 6.07) is 8.75. The lowest BCUT2D eigenvalue weighted by atomic mass is 9.77. The predicted octanol–water partition coefficient (Wildman–Crippen LogP) is 1.78. The summed E-state index contributed by atoms with van der Waals surface area (Å²) in [6.07, 6.45) is 3.26. The molecule has 2 heteroatoms. The Kier molecular flexibility index (Phi) is 2.70. The SMILES string of the molecule is O[C@H]1CCCN(CC2Cc3ccccc32)C1. The summed E-state index contributed by atoms with van der Waals surface area (Å²) in [5.41, 5.74) is 3.05. The molecule has 0 radical (unpaired) electrons. The Morgan fingerprint density at radius 3 is 3.00 bits per heavy atom. The van der Waals surface area contributed by atoms with Crippen molar-refractivity contribution < 1.29 is 5.11 Å². The number of hydrogen-bond donors (Lipinski definition) is 1. The van der Waals surface area contributed by atoms with Crippen molar-refractivity contribution in [3.8, 4) is 0 Å². The first kappa shape index (κ1) is 10.3. The van der Waals surface area contributed by atoms with Crippen LogP contribution in [0, 0.1) is 0 Å². The highest BCUT2D eigenvalue weighted by Gasteiger charge is 2.28. The average Bonchev–Trinajstić information content (AvgIpc) is 2.26. The zero-order valence-corrected chi connectivity index (χ0v) is 9.60. The van der Waals surface area contributed by atoms with Gasteiger partial charge in [0.25, 0.3) is 0 Å². The number of likely N-dealkylation sites (tertiary alicyclic amines) is 1. The van der Waals surface area contributed by atoms with Crippen LogP contribution in [0.4, 0.5) is 0 Å². The first-order chi connectivity index (χ1) is 7.83. The molecule has 2 atom stereocenters. The quantitative estimate of drug-likeness (QED) is 0.816. The molecule has 1 aliphatic carbocycles. The van der Waals surface area contributed by atoms with Crippen LogP contribution in [0.5, 0.6) is 0 Å². The third-order valence-electron chi connectivity index (χ3n) is 3.92. The zero-order chi connectivity index (χ0) is 11.0. The van der Waals surface area contributed by atoms with Crippen LogP contribution in [-0.2, 0) is 6.42 Å². The van der Waals surface area contributed by atoms with E-state index in [2.05, 4.69) is 29.2 Å². The fourth-order valence-electron chi connectivity index (χ4n) is 3.03. The number of aliphatic hydroxyl groups excluding tert-OH is 1. The number of fused-ring (bicyclic) bond motifs is 1. The highest BCUT2D eigenvalue weighted by atomic mass is 16.3. The van der Waals surface area contributed by atoms with Crippen LogP contribution in [0.1, 0.15) is 29.9 Å². The predicted molar refractivity (Wildman–Crippen MR) is 64.6 cm³/mol. The molecule has 1 aromatic rings. The van der Waals surface area contributed by atoms with Crippen molar-refractivity contribution in [1.82, 2.24) is 4.90 Å². The maximum Gasteiger partial charge on any atom is 0.0667 e. The first-order valence-electron chi connectivity index (χ1n) is 6.31. The Morgan fingerprint density at radius 1 is 1.31 bits per heavy atom. The van der Waals surface area contributed by atoms with Crippen LogP contribution >= 0.6 is 0 Å². The Morgan fingerprint density at radius 2 is 2.19 bits per heavy atom. The fraction of sp³-hybridized carbons (Fsp3) is 0.571. The van der Waals surface area contributed by atoms with E-state index in [1.54, 1.807) is 0 Å². The summed E-state index contributed by atoms with van der Waals surface area (Å²) >= 11 is 0. The van der Waals surface area contributed by atoms with E-state index in [0.29, 0.717) is 5.92 Å². The average molecular weight is 217 g/mol. The molecule has 2 aliphatic rings. The molecule has 0 saturated carbocycles. The first-order valence-corrected chi connectivity index (χ1v) is 6.31. The third kappa shape index (κ3) is 1.87. The van der Waals surface area contributed by atoms with Gasteiger partial charge in [-0.1, -0.05) is 24.3 Å². The Bertz CT molecular complexity index is 377. The van der Waals surface area contributed by atoms with E-state index < -0.39 is 0 Å². The normalized spacial score (nSPS) is 29.6. The highest BCUT2D eigenvalue weighted by Crippen LogP contribution is 2.35. The van der Waals surface area contributed by atoms with Crippen LogP contribution in [0.25, 0.3) is 0 Å². The van der Waals surface area contributed by atoms with Crippen molar-refractivity contribution in [1.29, 1.82) is 0 Å². The molecule has 86 valence electrons. The molecule has 0 amide bonds. The molecule has 0 aromatic heterocycles. The topological polar surface area (TPSA) is 23.5 Å². The van der Waals surface area contributed by atoms with Gasteiger partial charge in [0, 0.05) is 19.0 Å². The monoisotopic (exact) mass is 217 g/mol. The largest absolute Gasteiger partial charge is 0.392 e. The number of rotatable bonds is 2. The van der Waals surface area contributed by atoms with Gasteiger partial charge in [0.2, 0.25) is 0 Å². The van der Waals surface area contributed by atoms with Crippen LogP contribution < -0.4 is 0 Å². The number of β-amino-alcohol motifs (C(OH)–C–C–N with tert-alkyl or cyclic N) is 1. The number of aliphatic hydroxyl groups is 1. The van der Waals surface area contributed by atoms with Crippen molar-refractivity contribution in [2.45, 2.75) is 31.3 Å². The van der Waals surface area contributed by atoms with Crippen molar-refractivity contribution in [2.24, 2.45) is 0 Å². The van der Waals surface area contributed by atoms with E-state index in [9.17, 15) is 5.11 Å². The molecule has 0 bridgehead atoms. The van der Waals surface area contributed by atoms with Gasteiger partial charge in [-0.2, -0.15) is 0 Å². The number of hydrogen-bond acceptors (Lipinski definition) is 2. The lowest BCUT2D eigenvalue weighted by molar-refractivity contribution is 0.0661. The summed E-state index contributed by atoms with van der Waals surface area (Å²) in [5.74, 6) is 0.710. The molecule has 16 heavy (non-hydrogen) atoms. The molecule has 2 nitrogen and oxygen atoms in total. The maximum absolute atomic E-state index is 9.64. The Labute approximate surface area is 96.9 Å². The van der Waals surface area contributed by atoms with Crippen molar-refractivity contribution in [3.05, 3.63) is 35.4 Å². The number of benzene rings is 1. The van der Waals surface area contributed by atoms with Gasteiger partial charge in [0.1, 0.15) is 0 Å². The smallest absolute Gasteiger partial charge is 0.0667 e. The summed E-state index contributed by atoms with van der Waals surface area (Å²) in [5, 5.41) is 9.64. The molecular formula is C14H19NO. The van der Waals surface area contributed by atoms with Gasteiger partial charge in [-0.25, -0.2) is 0 Å². The van der Waals surface area contributed by atoms with E-state index >= 15 is 0 Å². The van der Waals surface area contributed by atoms with Crippen LogP contribution in [0.2, 0.25) is 0 Å². The van der Waals surface area contributed by atoms with E-state index in [1.165, 1.54) is 17.5 Å². The molecule has 1 N–H and O–H groups in total. The minimum atomic E-state index is -0.0935. The van der Waals surface area contributed by atoms with Crippen LogP contribution in [0.3, 0.4) is 0 Å². The highest BCUT2D eigenvalue weighted by molar-refractivity contribution is 5.40. The van der Waals surface area contributed by atoms with Gasteiger partial charge in [0.05, 0.1) is 6.10 Å². The Hall–Kier alpha value is -0.860. The second kappa shape index (κ2) is 4.19. The lowest BCUT2D eigenvalue weighted by Crippen LogP contribution is -2.42. The summed E-state index contributed by atoms with van der Waals surface area (Å²) in [7, 11) is 0. The molecule has 1 heterocycles. The van der Waals surface area contributed by atoms with E-state index in [4.69, 9.17) is 0 Å². The second-order valence-electron chi connectivity index (χ2n) is 5.16. The van der Waals surface area contributed by atoms with Gasteiger partial charge in [0.15, 0.2) is 0 Å². The lowest BCUT2D eigenvalue weighted by Gasteiger charge is -2.37. The van der Waals surface area contributed by atoms with Gasteiger partial charge < -0.3 is 10.0 Å². The zero-order valence-electron chi connectivity index (χ0n) is 9.60. The van der Waals surface area contributed by atoms with Gasteiger partial charge in [-0.3, -0.25) is 0 Å².